The van der Waals surface area contributed by atoms with E-state index < -0.39 is 0 Å². The normalized spacial score (nSPS) is 18.1. The highest BCUT2D eigenvalue weighted by Gasteiger charge is 2.23. The number of hydrogen-bond acceptors (Lipinski definition) is 4. The smallest absolute Gasteiger partial charge is 0.315 e. The number of aryl methyl sites for hydroxylation is 1. The first kappa shape index (κ1) is 16.1. The summed E-state index contributed by atoms with van der Waals surface area (Å²) in [5, 5.41) is 13.4. The maximum Gasteiger partial charge on any atom is 0.315 e. The maximum absolute atomic E-state index is 12.3. The molecule has 0 radical (unpaired) electrons. The van der Waals surface area contributed by atoms with Crippen molar-refractivity contribution in [3.63, 3.8) is 0 Å². The molecule has 0 spiro atoms. The van der Waals surface area contributed by atoms with Gasteiger partial charge in [0.05, 0.1) is 12.1 Å². The number of halogens is 1. The minimum Gasteiger partial charge on any atom is -0.331 e. The van der Waals surface area contributed by atoms with Gasteiger partial charge in [0.15, 0.2) is 5.82 Å². The van der Waals surface area contributed by atoms with Crippen molar-refractivity contribution in [2.75, 3.05) is 5.75 Å². The summed E-state index contributed by atoms with van der Waals surface area (Å²) in [6, 6.07) is 5.28. The molecule has 1 aliphatic rings. The van der Waals surface area contributed by atoms with Crippen LogP contribution in [0, 0.1) is 6.92 Å². The first-order valence-electron chi connectivity index (χ1n) is 7.41. The molecule has 6 nitrogen and oxygen atoms in total. The van der Waals surface area contributed by atoms with E-state index in [1.165, 1.54) is 4.90 Å². The van der Waals surface area contributed by atoms with Crippen LogP contribution in [0.15, 0.2) is 23.1 Å². The highest BCUT2D eigenvalue weighted by atomic mass is 35.5. The van der Waals surface area contributed by atoms with E-state index in [1.54, 1.807) is 11.8 Å². The summed E-state index contributed by atoms with van der Waals surface area (Å²) in [4.78, 5) is 17.7. The fraction of sp³-hybridized carbons (Fsp3) is 0.400. The van der Waals surface area contributed by atoms with Gasteiger partial charge in [-0.05, 0) is 44.0 Å². The molecule has 1 aromatic heterocycles. The number of carbonyl (C=O) groups is 1. The molecule has 122 valence electrons. The number of fused-ring (bicyclic) bond motifs is 1. The van der Waals surface area contributed by atoms with E-state index in [0.29, 0.717) is 10.8 Å². The lowest BCUT2D eigenvalue weighted by Crippen LogP contribution is -2.40. The first-order chi connectivity index (χ1) is 11.0. The molecule has 0 fully saturated rings. The van der Waals surface area contributed by atoms with Crippen LogP contribution in [0.25, 0.3) is 0 Å². The van der Waals surface area contributed by atoms with Gasteiger partial charge in [0, 0.05) is 15.7 Å². The molecule has 3 N–H and O–H groups in total. The minimum absolute atomic E-state index is 0.0361. The Labute approximate surface area is 143 Å². The van der Waals surface area contributed by atoms with Gasteiger partial charge in [-0.3, -0.25) is 5.10 Å². The molecule has 0 saturated heterocycles. The number of nitrogens with zero attached hydrogens (tertiary/aromatic N) is 2. The number of hydrogen-bond donors (Lipinski definition) is 3. The Hall–Kier alpha value is -1.73. The minimum atomic E-state index is -0.267. The third-order valence-corrected chi connectivity index (χ3v) is 5.02. The number of H-pyrrole nitrogens is 1. The summed E-state index contributed by atoms with van der Waals surface area (Å²) in [7, 11) is 0. The quantitative estimate of drug-likeness (QED) is 0.791. The van der Waals surface area contributed by atoms with E-state index in [4.69, 9.17) is 11.6 Å². The zero-order valence-corrected chi connectivity index (χ0v) is 14.5. The fourth-order valence-electron chi connectivity index (χ4n) is 2.53. The number of nitrogens with one attached hydrogen (secondary N) is 3. The number of benzene rings is 1. The van der Waals surface area contributed by atoms with Gasteiger partial charge in [0.25, 0.3) is 0 Å². The number of aromatic nitrogens is 3. The van der Waals surface area contributed by atoms with Crippen molar-refractivity contribution in [3.8, 4) is 0 Å². The van der Waals surface area contributed by atoms with Crippen LogP contribution in [0.3, 0.4) is 0 Å². The summed E-state index contributed by atoms with van der Waals surface area (Å²) >= 11 is 7.87. The van der Waals surface area contributed by atoms with Gasteiger partial charge in [-0.2, -0.15) is 5.10 Å². The van der Waals surface area contributed by atoms with E-state index in [2.05, 4.69) is 25.8 Å². The second-order valence-corrected chi connectivity index (χ2v) is 7.06. The molecule has 23 heavy (non-hydrogen) atoms. The molecule has 0 aliphatic carbocycles. The summed E-state index contributed by atoms with van der Waals surface area (Å²) < 4.78 is 0. The van der Waals surface area contributed by atoms with Crippen molar-refractivity contribution in [2.45, 2.75) is 37.2 Å². The molecule has 0 saturated carbocycles. The lowest BCUT2D eigenvalue weighted by atomic mass is 10.0. The molecule has 2 unspecified atom stereocenters. The van der Waals surface area contributed by atoms with Gasteiger partial charge in [0.2, 0.25) is 0 Å². The molecular formula is C15H18ClN5OS. The largest absolute Gasteiger partial charge is 0.331 e. The average molecular weight is 352 g/mol. The third kappa shape index (κ3) is 3.79. The van der Waals surface area contributed by atoms with E-state index in [1.807, 2.05) is 32.0 Å². The second-order valence-electron chi connectivity index (χ2n) is 5.49. The van der Waals surface area contributed by atoms with Crippen LogP contribution in [-0.4, -0.2) is 27.0 Å². The number of carbonyl (C=O) groups excluding carboxylic acids is 1. The predicted molar refractivity (Wildman–Crippen MR) is 90.7 cm³/mol. The van der Waals surface area contributed by atoms with Gasteiger partial charge in [-0.1, -0.05) is 11.6 Å². The van der Waals surface area contributed by atoms with Crippen LogP contribution in [0.1, 0.15) is 42.6 Å². The highest BCUT2D eigenvalue weighted by Crippen LogP contribution is 2.37. The van der Waals surface area contributed by atoms with Gasteiger partial charge in [-0.15, -0.1) is 11.8 Å². The Bertz CT molecular complexity index is 720. The molecule has 2 aromatic rings. The summed E-state index contributed by atoms with van der Waals surface area (Å²) in [5.74, 6) is 2.26. The summed E-state index contributed by atoms with van der Waals surface area (Å²) in [5.41, 5.74) is 1.07. The summed E-state index contributed by atoms with van der Waals surface area (Å²) in [6.07, 6.45) is 0.875. The Morgan fingerprint density at radius 2 is 2.35 bits per heavy atom. The molecule has 3 rings (SSSR count). The van der Waals surface area contributed by atoms with Crippen molar-refractivity contribution < 1.29 is 4.79 Å². The second kappa shape index (κ2) is 6.80. The number of amides is 2. The number of thioether (sulfide) groups is 1. The predicted octanol–water partition coefficient (Wildman–Crippen LogP) is 3.36. The number of rotatable bonds is 3. The van der Waals surface area contributed by atoms with Crippen LogP contribution in [0.5, 0.6) is 0 Å². The Morgan fingerprint density at radius 3 is 3.09 bits per heavy atom. The fourth-order valence-corrected chi connectivity index (χ4v) is 3.82. The van der Waals surface area contributed by atoms with Crippen LogP contribution in [-0.2, 0) is 0 Å². The maximum atomic E-state index is 12.3. The SMILES string of the molecule is Cc1nc(C(C)NC(=O)NC2CCSc3ccc(Cl)cc32)n[nH]1. The Balaban J connectivity index is 1.66. The van der Waals surface area contributed by atoms with Crippen molar-refractivity contribution in [1.82, 2.24) is 25.8 Å². The van der Waals surface area contributed by atoms with Crippen molar-refractivity contribution in [3.05, 3.63) is 40.4 Å². The standard InChI is InChI=1S/C15H18ClN5OS/c1-8(14-18-9(2)20-21-14)17-15(22)19-12-5-6-23-13-4-3-10(16)7-11(12)13/h3-4,7-8,12H,5-6H2,1-2H3,(H2,17,19,22)(H,18,20,21). The third-order valence-electron chi connectivity index (χ3n) is 3.67. The van der Waals surface area contributed by atoms with Crippen LogP contribution in [0.4, 0.5) is 4.79 Å². The number of urea groups is 1. The van der Waals surface area contributed by atoms with Crippen molar-refractivity contribution in [2.24, 2.45) is 0 Å². The molecule has 2 heterocycles. The lowest BCUT2D eigenvalue weighted by molar-refractivity contribution is 0.233. The van der Waals surface area contributed by atoms with Crippen LogP contribution >= 0.6 is 23.4 Å². The zero-order valence-electron chi connectivity index (χ0n) is 12.9. The van der Waals surface area contributed by atoms with Crippen molar-refractivity contribution in [1.29, 1.82) is 0 Å². The van der Waals surface area contributed by atoms with Crippen LogP contribution < -0.4 is 10.6 Å². The van der Waals surface area contributed by atoms with Crippen LogP contribution in [0.2, 0.25) is 5.02 Å². The van der Waals surface area contributed by atoms with Gasteiger partial charge >= 0.3 is 6.03 Å². The molecule has 1 aliphatic heterocycles. The Morgan fingerprint density at radius 1 is 1.52 bits per heavy atom. The topological polar surface area (TPSA) is 82.7 Å². The molecule has 2 atom stereocenters. The molecule has 2 amide bonds. The first-order valence-corrected chi connectivity index (χ1v) is 8.77. The van der Waals surface area contributed by atoms with Gasteiger partial charge in [0.1, 0.15) is 5.82 Å². The van der Waals surface area contributed by atoms with Gasteiger partial charge in [-0.25, -0.2) is 9.78 Å². The van der Waals surface area contributed by atoms with E-state index in [0.717, 1.165) is 23.6 Å². The number of aromatic amines is 1. The molecule has 0 bridgehead atoms. The molecule has 1 aromatic carbocycles. The van der Waals surface area contributed by atoms with E-state index >= 15 is 0 Å². The monoisotopic (exact) mass is 351 g/mol. The Kier molecular flexibility index (Phi) is 4.77. The van der Waals surface area contributed by atoms with E-state index in [9.17, 15) is 4.79 Å². The lowest BCUT2D eigenvalue weighted by Gasteiger charge is -2.26. The van der Waals surface area contributed by atoms with E-state index in [-0.39, 0.29) is 18.1 Å². The average Bonchev–Trinajstić information content (AvgIpc) is 2.94. The van der Waals surface area contributed by atoms with Gasteiger partial charge < -0.3 is 10.6 Å². The van der Waals surface area contributed by atoms with Crippen molar-refractivity contribution >= 4 is 29.4 Å². The molecule has 8 heteroatoms. The highest BCUT2D eigenvalue weighted by molar-refractivity contribution is 7.99. The zero-order chi connectivity index (χ0) is 16.4. The molecular weight excluding hydrogens is 334 g/mol. The summed E-state index contributed by atoms with van der Waals surface area (Å²) in [6.45, 7) is 3.67.